The molecular formula is C12H17ClFN. The summed E-state index contributed by atoms with van der Waals surface area (Å²) < 4.78 is 13.3. The van der Waals surface area contributed by atoms with Crippen LogP contribution in [0.15, 0.2) is 18.2 Å². The van der Waals surface area contributed by atoms with Gasteiger partial charge in [-0.05, 0) is 30.2 Å². The smallest absolute Gasteiger partial charge is 0.142 e. The fourth-order valence-electron chi connectivity index (χ4n) is 1.79. The second-order valence-corrected chi connectivity index (χ2v) is 5.17. The number of hydrogen-bond acceptors (Lipinski definition) is 1. The molecular weight excluding hydrogens is 213 g/mol. The van der Waals surface area contributed by atoms with E-state index in [4.69, 9.17) is 11.6 Å². The van der Waals surface area contributed by atoms with Gasteiger partial charge >= 0.3 is 0 Å². The van der Waals surface area contributed by atoms with Crippen molar-refractivity contribution >= 4 is 11.6 Å². The van der Waals surface area contributed by atoms with Gasteiger partial charge in [0.15, 0.2) is 0 Å². The minimum atomic E-state index is -0.362. The van der Waals surface area contributed by atoms with Gasteiger partial charge in [-0.15, -0.1) is 0 Å². The number of benzene rings is 1. The quantitative estimate of drug-likeness (QED) is 0.814. The van der Waals surface area contributed by atoms with Gasteiger partial charge < -0.3 is 5.32 Å². The second-order valence-electron chi connectivity index (χ2n) is 4.76. The monoisotopic (exact) mass is 229 g/mol. The zero-order chi connectivity index (χ0) is 11.6. The van der Waals surface area contributed by atoms with Crippen LogP contribution in [0.25, 0.3) is 0 Å². The Morgan fingerprint density at radius 3 is 2.33 bits per heavy atom. The lowest BCUT2D eigenvalue weighted by Crippen LogP contribution is -2.29. The fourth-order valence-corrected chi connectivity index (χ4v) is 1.91. The van der Waals surface area contributed by atoms with Gasteiger partial charge in [0, 0.05) is 6.04 Å². The van der Waals surface area contributed by atoms with Crippen molar-refractivity contribution in [2.75, 3.05) is 7.05 Å². The molecule has 1 atom stereocenters. The van der Waals surface area contributed by atoms with E-state index in [1.807, 2.05) is 13.1 Å². The van der Waals surface area contributed by atoms with Crippen molar-refractivity contribution in [3.8, 4) is 0 Å². The molecule has 0 spiro atoms. The summed E-state index contributed by atoms with van der Waals surface area (Å²) in [5.74, 6) is -0.362. The van der Waals surface area contributed by atoms with Crippen LogP contribution in [-0.4, -0.2) is 7.05 Å². The Bertz CT molecular complexity index is 344. The van der Waals surface area contributed by atoms with Crippen LogP contribution in [0.2, 0.25) is 5.02 Å². The molecule has 0 saturated heterocycles. The molecule has 0 aliphatic rings. The first kappa shape index (κ1) is 12.5. The lowest BCUT2D eigenvalue weighted by molar-refractivity contribution is 0.286. The number of nitrogens with one attached hydrogen (secondary N) is 1. The van der Waals surface area contributed by atoms with Gasteiger partial charge in [0.25, 0.3) is 0 Å². The summed E-state index contributed by atoms with van der Waals surface area (Å²) in [5.41, 5.74) is 0.960. The molecule has 0 saturated carbocycles. The minimum absolute atomic E-state index is 0.0367. The first-order chi connectivity index (χ1) is 6.86. The molecule has 0 radical (unpaired) electrons. The second kappa shape index (κ2) is 4.50. The maximum absolute atomic E-state index is 13.3. The molecule has 0 aromatic heterocycles. The minimum Gasteiger partial charge on any atom is -0.313 e. The van der Waals surface area contributed by atoms with E-state index in [1.54, 1.807) is 6.07 Å². The standard InChI is InChI=1S/C12H17ClFN/c1-12(2,3)11(15-4)8-5-6-9(13)10(14)7-8/h5-7,11,15H,1-4H3. The Morgan fingerprint density at radius 1 is 1.33 bits per heavy atom. The van der Waals surface area contributed by atoms with Crippen LogP contribution in [0.5, 0.6) is 0 Å². The van der Waals surface area contributed by atoms with Crippen molar-refractivity contribution in [1.82, 2.24) is 5.32 Å². The van der Waals surface area contributed by atoms with Crippen LogP contribution >= 0.6 is 11.6 Å². The molecule has 0 heterocycles. The van der Waals surface area contributed by atoms with Crippen molar-refractivity contribution < 1.29 is 4.39 Å². The Morgan fingerprint density at radius 2 is 1.93 bits per heavy atom. The Balaban J connectivity index is 3.08. The van der Waals surface area contributed by atoms with Crippen LogP contribution in [0, 0.1) is 11.2 Å². The van der Waals surface area contributed by atoms with Gasteiger partial charge in [0.05, 0.1) is 5.02 Å². The highest BCUT2D eigenvalue weighted by Gasteiger charge is 2.25. The summed E-state index contributed by atoms with van der Waals surface area (Å²) in [6.45, 7) is 6.34. The molecule has 84 valence electrons. The maximum atomic E-state index is 13.3. The van der Waals surface area contributed by atoms with Crippen molar-refractivity contribution in [3.05, 3.63) is 34.6 Å². The van der Waals surface area contributed by atoms with E-state index in [0.29, 0.717) is 0 Å². The molecule has 1 N–H and O–H groups in total. The van der Waals surface area contributed by atoms with Crippen molar-refractivity contribution in [3.63, 3.8) is 0 Å². The van der Waals surface area contributed by atoms with E-state index in [2.05, 4.69) is 26.1 Å². The molecule has 0 amide bonds. The summed E-state index contributed by atoms with van der Waals surface area (Å²) in [6, 6.07) is 5.07. The molecule has 1 nitrogen and oxygen atoms in total. The third-order valence-electron chi connectivity index (χ3n) is 2.43. The summed E-state index contributed by atoms with van der Waals surface area (Å²) in [6.07, 6.45) is 0. The predicted octanol–water partition coefficient (Wildman–Crippen LogP) is 3.79. The predicted molar refractivity (Wildman–Crippen MR) is 62.7 cm³/mol. The molecule has 0 fully saturated rings. The van der Waals surface area contributed by atoms with Crippen LogP contribution in [-0.2, 0) is 0 Å². The van der Waals surface area contributed by atoms with E-state index in [0.717, 1.165) is 5.56 Å². The van der Waals surface area contributed by atoms with Crippen LogP contribution < -0.4 is 5.32 Å². The molecule has 3 heteroatoms. The third-order valence-corrected chi connectivity index (χ3v) is 2.74. The molecule has 0 aliphatic carbocycles. The van der Waals surface area contributed by atoms with Gasteiger partial charge in [-0.1, -0.05) is 38.4 Å². The zero-order valence-electron chi connectivity index (χ0n) is 9.57. The summed E-state index contributed by atoms with van der Waals surface area (Å²) >= 11 is 5.65. The van der Waals surface area contributed by atoms with Gasteiger partial charge in [-0.3, -0.25) is 0 Å². The van der Waals surface area contributed by atoms with Gasteiger partial charge in [-0.2, -0.15) is 0 Å². The third kappa shape index (κ3) is 2.93. The van der Waals surface area contributed by atoms with E-state index in [1.165, 1.54) is 6.07 Å². The molecule has 1 unspecified atom stereocenters. The summed E-state index contributed by atoms with van der Waals surface area (Å²) in [4.78, 5) is 0. The van der Waals surface area contributed by atoms with Crippen molar-refractivity contribution in [1.29, 1.82) is 0 Å². The molecule has 15 heavy (non-hydrogen) atoms. The highest BCUT2D eigenvalue weighted by molar-refractivity contribution is 6.30. The van der Waals surface area contributed by atoms with E-state index < -0.39 is 0 Å². The van der Waals surface area contributed by atoms with Gasteiger partial charge in [-0.25, -0.2) is 4.39 Å². The largest absolute Gasteiger partial charge is 0.313 e. The molecule has 0 aliphatic heterocycles. The van der Waals surface area contributed by atoms with Crippen LogP contribution in [0.1, 0.15) is 32.4 Å². The van der Waals surface area contributed by atoms with E-state index >= 15 is 0 Å². The van der Waals surface area contributed by atoms with Gasteiger partial charge in [0.1, 0.15) is 5.82 Å². The van der Waals surface area contributed by atoms with Gasteiger partial charge in [0.2, 0.25) is 0 Å². The van der Waals surface area contributed by atoms with Crippen molar-refractivity contribution in [2.45, 2.75) is 26.8 Å². The highest BCUT2D eigenvalue weighted by Crippen LogP contribution is 2.33. The number of halogens is 2. The lowest BCUT2D eigenvalue weighted by atomic mass is 9.82. The van der Waals surface area contributed by atoms with Crippen LogP contribution in [0.3, 0.4) is 0 Å². The van der Waals surface area contributed by atoms with E-state index in [-0.39, 0.29) is 22.3 Å². The Hall–Kier alpha value is -0.600. The Kier molecular flexibility index (Phi) is 3.74. The number of hydrogen-bond donors (Lipinski definition) is 1. The fraction of sp³-hybridized carbons (Fsp3) is 0.500. The summed E-state index contributed by atoms with van der Waals surface area (Å²) in [5, 5.41) is 3.36. The molecule has 1 aromatic rings. The lowest BCUT2D eigenvalue weighted by Gasteiger charge is -2.30. The molecule has 1 rings (SSSR count). The summed E-state index contributed by atoms with van der Waals surface area (Å²) in [7, 11) is 1.88. The molecule has 0 bridgehead atoms. The average molecular weight is 230 g/mol. The first-order valence-electron chi connectivity index (χ1n) is 4.98. The molecule has 1 aromatic carbocycles. The van der Waals surface area contributed by atoms with Crippen molar-refractivity contribution in [2.24, 2.45) is 5.41 Å². The SMILES string of the molecule is CNC(c1ccc(Cl)c(F)c1)C(C)(C)C. The first-order valence-corrected chi connectivity index (χ1v) is 5.36. The zero-order valence-corrected chi connectivity index (χ0v) is 10.3. The van der Waals surface area contributed by atoms with E-state index in [9.17, 15) is 4.39 Å². The Labute approximate surface area is 95.6 Å². The number of rotatable bonds is 2. The topological polar surface area (TPSA) is 12.0 Å². The normalized spacial score (nSPS) is 14.0. The van der Waals surface area contributed by atoms with Crippen LogP contribution in [0.4, 0.5) is 4.39 Å². The average Bonchev–Trinajstić information content (AvgIpc) is 2.10. The maximum Gasteiger partial charge on any atom is 0.142 e. The highest BCUT2D eigenvalue weighted by atomic mass is 35.5.